The van der Waals surface area contributed by atoms with Crippen LogP contribution in [0.25, 0.3) is 0 Å². The molecule has 22 heavy (non-hydrogen) atoms. The molecule has 1 aliphatic heterocycles. The Labute approximate surface area is 136 Å². The van der Waals surface area contributed by atoms with Crippen molar-refractivity contribution in [3.8, 4) is 0 Å². The van der Waals surface area contributed by atoms with Gasteiger partial charge in [-0.05, 0) is 24.3 Å². The molecule has 2 amide bonds. The van der Waals surface area contributed by atoms with E-state index in [0.717, 1.165) is 10.6 Å². The third-order valence-electron chi connectivity index (χ3n) is 3.59. The maximum absolute atomic E-state index is 12.5. The van der Waals surface area contributed by atoms with Gasteiger partial charge in [-0.25, -0.2) is 4.98 Å². The number of halogens is 1. The minimum Gasteiger partial charge on any atom is -0.364 e. The quantitative estimate of drug-likeness (QED) is 0.913. The fourth-order valence-corrected chi connectivity index (χ4v) is 3.52. The number of carbonyl (C=O) groups is 2. The van der Waals surface area contributed by atoms with Crippen molar-refractivity contribution in [2.24, 2.45) is 5.73 Å². The third-order valence-corrected chi connectivity index (χ3v) is 5.02. The summed E-state index contributed by atoms with van der Waals surface area (Å²) in [5, 5.41) is 0.959. The van der Waals surface area contributed by atoms with Gasteiger partial charge < -0.3 is 10.6 Å². The van der Waals surface area contributed by atoms with E-state index in [2.05, 4.69) is 4.98 Å². The number of amides is 2. The van der Waals surface area contributed by atoms with Crippen LogP contribution >= 0.6 is 22.9 Å². The summed E-state index contributed by atoms with van der Waals surface area (Å²) >= 11 is 7.17. The average Bonchev–Trinajstić information content (AvgIpc) is 2.81. The van der Waals surface area contributed by atoms with Crippen LogP contribution in [0, 0.1) is 0 Å². The van der Waals surface area contributed by atoms with Crippen LogP contribution in [0.5, 0.6) is 0 Å². The first-order chi connectivity index (χ1) is 10.5. The van der Waals surface area contributed by atoms with Crippen LogP contribution in [0.1, 0.15) is 30.7 Å². The standard InChI is InChI=1S/C15H14ClN3O2S/c16-10-3-1-9(2-4-10)15(21)19-7-5-11-12(6-8-19)22-14(18-11)13(17)20/h1-4H,5-8H2,(H2,17,20). The van der Waals surface area contributed by atoms with Crippen molar-refractivity contribution in [3.63, 3.8) is 0 Å². The van der Waals surface area contributed by atoms with E-state index in [1.165, 1.54) is 11.3 Å². The summed E-state index contributed by atoms with van der Waals surface area (Å²) in [7, 11) is 0. The molecule has 0 bridgehead atoms. The number of carbonyl (C=O) groups excluding carboxylic acids is 2. The summed E-state index contributed by atoms with van der Waals surface area (Å²) in [4.78, 5) is 30.8. The van der Waals surface area contributed by atoms with Crippen molar-refractivity contribution in [2.75, 3.05) is 13.1 Å². The number of primary amides is 1. The first-order valence-corrected chi connectivity index (χ1v) is 8.07. The highest BCUT2D eigenvalue weighted by atomic mass is 35.5. The van der Waals surface area contributed by atoms with E-state index < -0.39 is 5.91 Å². The molecule has 5 nitrogen and oxygen atoms in total. The maximum Gasteiger partial charge on any atom is 0.277 e. The second kappa shape index (κ2) is 6.06. The Bertz CT molecular complexity index is 701. The molecule has 1 aliphatic rings. The highest BCUT2D eigenvalue weighted by Gasteiger charge is 2.23. The van der Waals surface area contributed by atoms with Gasteiger partial charge in [0.2, 0.25) is 0 Å². The number of aromatic nitrogens is 1. The fourth-order valence-electron chi connectivity index (χ4n) is 2.45. The lowest BCUT2D eigenvalue weighted by atomic mass is 10.2. The third kappa shape index (κ3) is 2.98. The molecular formula is C15H14ClN3O2S. The average molecular weight is 336 g/mol. The van der Waals surface area contributed by atoms with Gasteiger partial charge in [0.05, 0.1) is 5.69 Å². The van der Waals surface area contributed by atoms with E-state index in [1.54, 1.807) is 24.3 Å². The maximum atomic E-state index is 12.5. The predicted octanol–water partition coefficient (Wildman–Crippen LogP) is 2.14. The lowest BCUT2D eigenvalue weighted by Crippen LogP contribution is -2.33. The van der Waals surface area contributed by atoms with Crippen molar-refractivity contribution in [2.45, 2.75) is 12.8 Å². The van der Waals surface area contributed by atoms with Crippen molar-refractivity contribution in [1.29, 1.82) is 0 Å². The van der Waals surface area contributed by atoms with E-state index >= 15 is 0 Å². The van der Waals surface area contributed by atoms with E-state index in [-0.39, 0.29) is 5.91 Å². The minimum absolute atomic E-state index is 0.0121. The summed E-state index contributed by atoms with van der Waals surface area (Å²) in [6, 6.07) is 6.89. The van der Waals surface area contributed by atoms with Gasteiger partial charge in [0.1, 0.15) is 0 Å². The molecule has 1 aromatic heterocycles. The van der Waals surface area contributed by atoms with Crippen LogP contribution in [0.15, 0.2) is 24.3 Å². The zero-order valence-electron chi connectivity index (χ0n) is 11.7. The van der Waals surface area contributed by atoms with Crippen LogP contribution in [0.4, 0.5) is 0 Å². The monoisotopic (exact) mass is 335 g/mol. The summed E-state index contributed by atoms with van der Waals surface area (Å²) < 4.78 is 0. The molecule has 3 rings (SSSR count). The van der Waals surface area contributed by atoms with E-state index in [0.29, 0.717) is 41.5 Å². The first kappa shape index (κ1) is 15.0. The second-order valence-corrected chi connectivity index (χ2v) is 6.57. The number of nitrogens with zero attached hydrogens (tertiary/aromatic N) is 2. The molecule has 0 aliphatic carbocycles. The SMILES string of the molecule is NC(=O)c1nc2c(s1)CCN(C(=O)c1ccc(Cl)cc1)CC2. The van der Waals surface area contributed by atoms with Crippen molar-refractivity contribution in [3.05, 3.63) is 50.4 Å². The lowest BCUT2D eigenvalue weighted by Gasteiger charge is -2.20. The smallest absolute Gasteiger partial charge is 0.277 e. The Morgan fingerprint density at radius 1 is 1.18 bits per heavy atom. The van der Waals surface area contributed by atoms with Crippen LogP contribution in [0.3, 0.4) is 0 Å². The lowest BCUT2D eigenvalue weighted by molar-refractivity contribution is 0.0762. The number of fused-ring (bicyclic) bond motifs is 1. The Morgan fingerprint density at radius 2 is 1.86 bits per heavy atom. The molecule has 0 saturated heterocycles. The topological polar surface area (TPSA) is 76.3 Å². The molecule has 114 valence electrons. The molecule has 0 spiro atoms. The Hall–Kier alpha value is -1.92. The molecule has 0 radical (unpaired) electrons. The van der Waals surface area contributed by atoms with Crippen LogP contribution in [-0.4, -0.2) is 34.8 Å². The summed E-state index contributed by atoms with van der Waals surface area (Å²) in [5.41, 5.74) is 6.77. The Morgan fingerprint density at radius 3 is 2.55 bits per heavy atom. The van der Waals surface area contributed by atoms with Gasteiger partial charge in [-0.3, -0.25) is 9.59 Å². The van der Waals surface area contributed by atoms with Crippen LogP contribution < -0.4 is 5.73 Å². The van der Waals surface area contributed by atoms with Crippen molar-refractivity contribution in [1.82, 2.24) is 9.88 Å². The van der Waals surface area contributed by atoms with Gasteiger partial charge in [-0.2, -0.15) is 0 Å². The summed E-state index contributed by atoms with van der Waals surface area (Å²) in [6.07, 6.45) is 1.33. The molecule has 0 unspecified atom stereocenters. The molecule has 7 heteroatoms. The Balaban J connectivity index is 1.74. The second-order valence-electron chi connectivity index (χ2n) is 5.05. The zero-order chi connectivity index (χ0) is 15.7. The largest absolute Gasteiger partial charge is 0.364 e. The molecule has 2 N–H and O–H groups in total. The number of hydrogen-bond acceptors (Lipinski definition) is 4. The van der Waals surface area contributed by atoms with Gasteiger partial charge >= 0.3 is 0 Å². The van der Waals surface area contributed by atoms with E-state index in [9.17, 15) is 9.59 Å². The number of nitrogens with two attached hydrogens (primary N) is 1. The van der Waals surface area contributed by atoms with Crippen LogP contribution in [-0.2, 0) is 12.8 Å². The number of benzene rings is 1. The van der Waals surface area contributed by atoms with Gasteiger partial charge in [-0.1, -0.05) is 11.6 Å². The van der Waals surface area contributed by atoms with Gasteiger partial charge in [0.15, 0.2) is 5.01 Å². The van der Waals surface area contributed by atoms with Gasteiger partial charge in [0, 0.05) is 41.4 Å². The molecule has 0 saturated carbocycles. The summed E-state index contributed by atoms with van der Waals surface area (Å²) in [5.74, 6) is -0.505. The van der Waals surface area contributed by atoms with E-state index in [4.69, 9.17) is 17.3 Å². The molecule has 0 fully saturated rings. The minimum atomic E-state index is -0.493. The predicted molar refractivity (Wildman–Crippen MR) is 85.4 cm³/mol. The number of hydrogen-bond donors (Lipinski definition) is 1. The summed E-state index contributed by atoms with van der Waals surface area (Å²) in [6.45, 7) is 1.19. The van der Waals surface area contributed by atoms with Crippen LogP contribution in [0.2, 0.25) is 5.02 Å². The highest BCUT2D eigenvalue weighted by molar-refractivity contribution is 7.13. The molecule has 0 atom stereocenters. The van der Waals surface area contributed by atoms with Gasteiger partial charge in [-0.15, -0.1) is 11.3 Å². The number of thiazole rings is 1. The highest BCUT2D eigenvalue weighted by Crippen LogP contribution is 2.23. The molecule has 2 aromatic rings. The zero-order valence-corrected chi connectivity index (χ0v) is 13.3. The fraction of sp³-hybridized carbons (Fsp3) is 0.267. The molecule has 1 aromatic carbocycles. The van der Waals surface area contributed by atoms with Crippen molar-refractivity contribution >= 4 is 34.8 Å². The Kier molecular flexibility index (Phi) is 4.13. The normalized spacial score (nSPS) is 14.3. The van der Waals surface area contributed by atoms with Crippen molar-refractivity contribution < 1.29 is 9.59 Å². The van der Waals surface area contributed by atoms with E-state index in [1.807, 2.05) is 4.90 Å². The molecular weight excluding hydrogens is 322 g/mol. The molecule has 2 heterocycles. The first-order valence-electron chi connectivity index (χ1n) is 6.88. The van der Waals surface area contributed by atoms with Gasteiger partial charge in [0.25, 0.3) is 11.8 Å². The number of rotatable bonds is 2.